The topological polar surface area (TPSA) is 43.1 Å². The van der Waals surface area contributed by atoms with Crippen molar-refractivity contribution >= 4 is 17.3 Å². The smallest absolute Gasteiger partial charge is 0.258 e. The van der Waals surface area contributed by atoms with E-state index in [2.05, 4.69) is 0 Å². The summed E-state index contributed by atoms with van der Waals surface area (Å²) in [4.78, 5) is 10.7. The highest BCUT2D eigenvalue weighted by Crippen LogP contribution is 2.32. The first kappa shape index (κ1) is 12.6. The Bertz CT molecular complexity index is 543. The van der Waals surface area contributed by atoms with E-state index in [9.17, 15) is 10.1 Å². The fourth-order valence-corrected chi connectivity index (χ4v) is 2.33. The molecule has 2 aromatic rings. The van der Waals surface area contributed by atoms with E-state index in [1.54, 1.807) is 18.2 Å². The van der Waals surface area contributed by atoms with Gasteiger partial charge in [0.2, 0.25) is 0 Å². The van der Waals surface area contributed by atoms with Crippen molar-refractivity contribution in [3.63, 3.8) is 0 Å². The molecule has 0 N–H and O–H groups in total. The number of hydrogen-bond acceptors (Lipinski definition) is 2. The first-order valence-corrected chi connectivity index (χ1v) is 6.11. The first-order chi connectivity index (χ1) is 8.74. The quantitative estimate of drug-likeness (QED) is 0.475. The lowest BCUT2D eigenvalue weighted by Crippen LogP contribution is -2.06. The van der Waals surface area contributed by atoms with Gasteiger partial charge in [0.15, 0.2) is 0 Å². The lowest BCUT2D eigenvalue weighted by molar-refractivity contribution is -0.385. The van der Waals surface area contributed by atoms with E-state index in [-0.39, 0.29) is 16.5 Å². The molecule has 1 unspecified atom stereocenters. The van der Waals surface area contributed by atoms with Gasteiger partial charge in [-0.25, -0.2) is 0 Å². The third kappa shape index (κ3) is 2.51. The van der Waals surface area contributed by atoms with E-state index in [1.165, 1.54) is 6.07 Å². The molecule has 0 saturated carbocycles. The van der Waals surface area contributed by atoms with Crippen LogP contribution in [0.2, 0.25) is 0 Å². The minimum absolute atomic E-state index is 0.118. The van der Waals surface area contributed by atoms with Gasteiger partial charge in [0.25, 0.3) is 5.69 Å². The third-order valence-corrected chi connectivity index (χ3v) is 3.17. The summed E-state index contributed by atoms with van der Waals surface area (Å²) < 4.78 is 0. The van der Waals surface area contributed by atoms with Gasteiger partial charge in [0.05, 0.1) is 4.92 Å². The first-order valence-electron chi connectivity index (χ1n) is 5.58. The molecule has 1 atom stereocenters. The SMILES string of the molecule is O=[N+]([O-])c1ccccc1C(CCl)c1ccccc1. The maximum atomic E-state index is 11.0. The van der Waals surface area contributed by atoms with Crippen molar-refractivity contribution in [1.29, 1.82) is 0 Å². The van der Waals surface area contributed by atoms with Crippen molar-refractivity contribution in [2.75, 3.05) is 5.88 Å². The molecule has 2 aromatic carbocycles. The number of nitrogens with zero attached hydrogens (tertiary/aromatic N) is 1. The average molecular weight is 262 g/mol. The highest BCUT2D eigenvalue weighted by molar-refractivity contribution is 6.18. The number of rotatable bonds is 4. The van der Waals surface area contributed by atoms with Crippen LogP contribution in [-0.4, -0.2) is 10.8 Å². The molecule has 0 amide bonds. The Balaban J connectivity index is 2.49. The summed E-state index contributed by atoms with van der Waals surface area (Å²) in [5, 5.41) is 11.0. The Labute approximate surface area is 110 Å². The molecule has 18 heavy (non-hydrogen) atoms. The van der Waals surface area contributed by atoms with E-state index in [0.717, 1.165) is 5.56 Å². The minimum atomic E-state index is -0.363. The van der Waals surface area contributed by atoms with Crippen molar-refractivity contribution in [2.24, 2.45) is 0 Å². The van der Waals surface area contributed by atoms with Crippen LogP contribution in [0.15, 0.2) is 54.6 Å². The van der Waals surface area contributed by atoms with Crippen molar-refractivity contribution in [3.05, 3.63) is 75.8 Å². The van der Waals surface area contributed by atoms with E-state index >= 15 is 0 Å². The number of hydrogen-bond donors (Lipinski definition) is 0. The number of halogens is 1. The minimum Gasteiger partial charge on any atom is -0.258 e. The molecular formula is C14H12ClNO2. The molecule has 0 fully saturated rings. The summed E-state index contributed by atoms with van der Waals surface area (Å²) in [5.41, 5.74) is 1.76. The van der Waals surface area contributed by atoms with E-state index in [0.29, 0.717) is 11.4 Å². The molecule has 0 heterocycles. The molecule has 0 bridgehead atoms. The normalized spacial score (nSPS) is 12.1. The van der Waals surface area contributed by atoms with Crippen molar-refractivity contribution in [3.8, 4) is 0 Å². The molecule has 0 aliphatic heterocycles. The van der Waals surface area contributed by atoms with Crippen molar-refractivity contribution in [1.82, 2.24) is 0 Å². The van der Waals surface area contributed by atoms with Crippen molar-refractivity contribution in [2.45, 2.75) is 5.92 Å². The zero-order valence-corrected chi connectivity index (χ0v) is 10.4. The lowest BCUT2D eigenvalue weighted by Gasteiger charge is -2.14. The molecule has 0 radical (unpaired) electrons. The maximum Gasteiger partial charge on any atom is 0.273 e. The Hall–Kier alpha value is -1.87. The number of para-hydroxylation sites is 1. The largest absolute Gasteiger partial charge is 0.273 e. The van der Waals surface area contributed by atoms with Crippen molar-refractivity contribution < 1.29 is 4.92 Å². The summed E-state index contributed by atoms with van der Waals surface area (Å²) in [6.45, 7) is 0. The molecule has 0 saturated heterocycles. The molecule has 92 valence electrons. The highest BCUT2D eigenvalue weighted by atomic mass is 35.5. The van der Waals surface area contributed by atoms with Gasteiger partial charge in [-0.05, 0) is 5.56 Å². The van der Waals surface area contributed by atoms with Gasteiger partial charge < -0.3 is 0 Å². The van der Waals surface area contributed by atoms with Crippen LogP contribution in [0.25, 0.3) is 0 Å². The zero-order chi connectivity index (χ0) is 13.0. The van der Waals surface area contributed by atoms with Crippen LogP contribution >= 0.6 is 11.6 Å². The van der Waals surface area contributed by atoms with Gasteiger partial charge in [-0.1, -0.05) is 48.5 Å². The average Bonchev–Trinajstić information content (AvgIpc) is 2.41. The second-order valence-corrected chi connectivity index (χ2v) is 4.24. The highest BCUT2D eigenvalue weighted by Gasteiger charge is 2.22. The second-order valence-electron chi connectivity index (χ2n) is 3.93. The number of nitro groups is 1. The molecule has 0 aliphatic carbocycles. The van der Waals surface area contributed by atoms with E-state index in [4.69, 9.17) is 11.6 Å². The standard InChI is InChI=1S/C14H12ClNO2/c15-10-13(11-6-2-1-3-7-11)12-8-4-5-9-14(12)16(17)18/h1-9,13H,10H2. The van der Waals surface area contributed by atoms with Crippen LogP contribution in [-0.2, 0) is 0 Å². The van der Waals surface area contributed by atoms with Gasteiger partial charge in [-0.15, -0.1) is 11.6 Å². The summed E-state index contributed by atoms with van der Waals surface area (Å²) in [6.07, 6.45) is 0. The predicted octanol–water partition coefficient (Wildman–Crippen LogP) is 3.97. The van der Waals surface area contributed by atoms with Crippen LogP contribution < -0.4 is 0 Å². The monoisotopic (exact) mass is 261 g/mol. The van der Waals surface area contributed by atoms with Crippen LogP contribution in [0.3, 0.4) is 0 Å². The van der Waals surface area contributed by atoms with Crippen LogP contribution in [0.5, 0.6) is 0 Å². The summed E-state index contributed by atoms with van der Waals surface area (Å²) in [6, 6.07) is 16.3. The Morgan fingerprint density at radius 3 is 2.28 bits per heavy atom. The zero-order valence-electron chi connectivity index (χ0n) is 9.62. The van der Waals surface area contributed by atoms with Gasteiger partial charge in [0.1, 0.15) is 0 Å². The maximum absolute atomic E-state index is 11.0. The Kier molecular flexibility index (Phi) is 3.95. The number of alkyl halides is 1. The van der Waals surface area contributed by atoms with Gasteiger partial charge in [-0.3, -0.25) is 10.1 Å². The molecular weight excluding hydrogens is 250 g/mol. The summed E-state index contributed by atoms with van der Waals surface area (Å²) in [5.74, 6) is 0.156. The lowest BCUT2D eigenvalue weighted by atomic mass is 9.92. The van der Waals surface area contributed by atoms with Gasteiger partial charge >= 0.3 is 0 Å². The molecule has 0 aliphatic rings. The fourth-order valence-electron chi connectivity index (χ4n) is 1.99. The predicted molar refractivity (Wildman–Crippen MR) is 72.1 cm³/mol. The van der Waals surface area contributed by atoms with Gasteiger partial charge in [0, 0.05) is 23.4 Å². The fraction of sp³-hybridized carbons (Fsp3) is 0.143. The molecule has 0 aromatic heterocycles. The molecule has 4 heteroatoms. The second kappa shape index (κ2) is 5.65. The molecule has 2 rings (SSSR count). The Morgan fingerprint density at radius 2 is 1.67 bits per heavy atom. The molecule has 0 spiro atoms. The van der Waals surface area contributed by atoms with Crippen LogP contribution in [0, 0.1) is 10.1 Å². The third-order valence-electron chi connectivity index (χ3n) is 2.87. The summed E-state index contributed by atoms with van der Waals surface area (Å²) >= 11 is 5.99. The number of benzene rings is 2. The van der Waals surface area contributed by atoms with E-state index in [1.807, 2.05) is 30.3 Å². The van der Waals surface area contributed by atoms with Gasteiger partial charge in [-0.2, -0.15) is 0 Å². The number of nitro benzene ring substituents is 1. The van der Waals surface area contributed by atoms with Crippen LogP contribution in [0.1, 0.15) is 17.0 Å². The van der Waals surface area contributed by atoms with Crippen LogP contribution in [0.4, 0.5) is 5.69 Å². The Morgan fingerprint density at radius 1 is 1.06 bits per heavy atom. The molecule has 3 nitrogen and oxygen atoms in total. The summed E-state index contributed by atoms with van der Waals surface area (Å²) in [7, 11) is 0. The van der Waals surface area contributed by atoms with E-state index < -0.39 is 0 Å².